The Morgan fingerprint density at radius 3 is 1.67 bits per heavy atom. The summed E-state index contributed by atoms with van der Waals surface area (Å²) in [5, 5.41) is -0.711. The molecule has 0 aromatic heterocycles. The van der Waals surface area contributed by atoms with Crippen LogP contribution in [0.4, 0.5) is 0 Å². The van der Waals surface area contributed by atoms with Crippen LogP contribution in [0.3, 0.4) is 0 Å². The van der Waals surface area contributed by atoms with Crippen molar-refractivity contribution in [2.45, 2.75) is 12.3 Å². The molecule has 0 radical (unpaired) electrons. The number of halogens is 1. The Bertz CT molecular complexity index is 769. The largest absolute Gasteiger partial charge is 0.424 e. The molecule has 0 heterocycles. The van der Waals surface area contributed by atoms with Crippen LogP contribution in [0.1, 0.15) is 6.92 Å². The van der Waals surface area contributed by atoms with E-state index in [1.54, 1.807) is 6.92 Å². The summed E-state index contributed by atoms with van der Waals surface area (Å²) in [4.78, 5) is 12.1. The lowest BCUT2D eigenvalue weighted by atomic mass is 9.97. The van der Waals surface area contributed by atoms with Gasteiger partial charge in [-0.2, -0.15) is 0 Å². The molecule has 24 heavy (non-hydrogen) atoms. The fraction of sp³-hybridized carbons (Fsp3) is 0.0952. The molecule has 3 aromatic rings. The van der Waals surface area contributed by atoms with E-state index in [4.69, 9.17) is 16.3 Å². The first kappa shape index (κ1) is 16.3. The monoisotopic (exact) mass is 336 g/mol. The summed E-state index contributed by atoms with van der Waals surface area (Å²) in [6.45, 7) is 1.61. The van der Waals surface area contributed by atoms with Crippen LogP contribution in [0, 0.1) is 0 Å². The van der Waals surface area contributed by atoms with E-state index in [2.05, 4.69) is 0 Å². The fourth-order valence-electron chi connectivity index (χ4n) is 2.52. The maximum absolute atomic E-state index is 12.1. The van der Waals surface area contributed by atoms with E-state index < -0.39 is 11.3 Å². The predicted octanol–water partition coefficient (Wildman–Crippen LogP) is 5.55. The minimum atomic E-state index is -0.711. The second kappa shape index (κ2) is 7.33. The minimum Gasteiger partial charge on any atom is -0.424 e. The number of carbonyl (C=O) groups is 1. The van der Waals surface area contributed by atoms with Crippen molar-refractivity contribution in [2.75, 3.05) is 0 Å². The molecule has 0 aliphatic rings. The molecule has 3 heteroatoms. The molecule has 120 valence electrons. The van der Waals surface area contributed by atoms with Crippen molar-refractivity contribution in [1.29, 1.82) is 0 Å². The summed E-state index contributed by atoms with van der Waals surface area (Å²) < 4.78 is 5.68. The third-order valence-electron chi connectivity index (χ3n) is 3.71. The number of carbonyl (C=O) groups excluding carboxylic acids is 1. The highest BCUT2D eigenvalue weighted by atomic mass is 35.5. The van der Waals surface area contributed by atoms with Gasteiger partial charge in [0.1, 0.15) is 11.1 Å². The van der Waals surface area contributed by atoms with Gasteiger partial charge < -0.3 is 4.74 Å². The zero-order chi connectivity index (χ0) is 16.9. The number of esters is 1. The zero-order valence-electron chi connectivity index (χ0n) is 13.3. The fourth-order valence-corrected chi connectivity index (χ4v) is 2.56. The Morgan fingerprint density at radius 2 is 1.25 bits per heavy atom. The number of rotatable bonds is 4. The van der Waals surface area contributed by atoms with E-state index in [0.717, 1.165) is 22.3 Å². The molecule has 0 spiro atoms. The Kier molecular flexibility index (Phi) is 4.97. The normalized spacial score (nSPS) is 11.8. The van der Waals surface area contributed by atoms with E-state index in [1.807, 2.05) is 78.9 Å². The summed E-state index contributed by atoms with van der Waals surface area (Å²) in [6, 6.07) is 25.6. The smallest absolute Gasteiger partial charge is 0.329 e. The molecule has 0 N–H and O–H groups in total. The van der Waals surface area contributed by atoms with Gasteiger partial charge in [0.2, 0.25) is 0 Å². The van der Waals surface area contributed by atoms with E-state index >= 15 is 0 Å². The maximum atomic E-state index is 12.1. The van der Waals surface area contributed by atoms with Crippen LogP contribution in [0.15, 0.2) is 78.9 Å². The van der Waals surface area contributed by atoms with Crippen molar-refractivity contribution in [3.8, 4) is 28.0 Å². The molecule has 0 saturated heterocycles. The molecular formula is C21H17ClO2. The number of alkyl halides is 1. The van der Waals surface area contributed by atoms with Gasteiger partial charge in [0.05, 0.1) is 0 Å². The summed E-state index contributed by atoms with van der Waals surface area (Å²) in [5.74, 6) is 0.0737. The first-order valence-corrected chi connectivity index (χ1v) is 8.20. The van der Waals surface area contributed by atoms with E-state index in [-0.39, 0.29) is 0 Å². The Balaban J connectivity index is 2.17. The number of benzene rings is 3. The van der Waals surface area contributed by atoms with Crippen molar-refractivity contribution >= 4 is 17.6 Å². The van der Waals surface area contributed by atoms with Crippen LogP contribution in [0.2, 0.25) is 0 Å². The van der Waals surface area contributed by atoms with Crippen molar-refractivity contribution < 1.29 is 9.53 Å². The molecule has 0 bridgehead atoms. The molecule has 3 aromatic carbocycles. The molecular weight excluding hydrogens is 320 g/mol. The van der Waals surface area contributed by atoms with Crippen LogP contribution < -0.4 is 4.74 Å². The lowest BCUT2D eigenvalue weighted by molar-refractivity contribution is -0.133. The predicted molar refractivity (Wildman–Crippen MR) is 98.3 cm³/mol. The number of hydrogen-bond donors (Lipinski definition) is 0. The topological polar surface area (TPSA) is 26.3 Å². The van der Waals surface area contributed by atoms with Crippen LogP contribution >= 0.6 is 11.6 Å². The van der Waals surface area contributed by atoms with Crippen LogP contribution in [0.25, 0.3) is 22.3 Å². The van der Waals surface area contributed by atoms with Crippen molar-refractivity contribution in [3.05, 3.63) is 78.9 Å². The first-order valence-electron chi connectivity index (χ1n) is 7.76. The van der Waals surface area contributed by atoms with Gasteiger partial charge in [0.15, 0.2) is 0 Å². The Hall–Kier alpha value is -2.58. The average Bonchev–Trinajstić information content (AvgIpc) is 2.63. The van der Waals surface area contributed by atoms with Gasteiger partial charge in [-0.1, -0.05) is 78.9 Å². The van der Waals surface area contributed by atoms with E-state index in [1.165, 1.54) is 0 Å². The van der Waals surface area contributed by atoms with Crippen LogP contribution in [0.5, 0.6) is 5.75 Å². The second-order valence-electron chi connectivity index (χ2n) is 5.45. The van der Waals surface area contributed by atoms with E-state index in [9.17, 15) is 4.79 Å². The molecule has 0 aliphatic heterocycles. The highest BCUT2D eigenvalue weighted by molar-refractivity contribution is 6.29. The quantitative estimate of drug-likeness (QED) is 0.354. The number of ether oxygens (including phenoxy) is 1. The van der Waals surface area contributed by atoms with Crippen LogP contribution in [-0.2, 0) is 4.79 Å². The summed E-state index contributed by atoms with van der Waals surface area (Å²) in [5.41, 5.74) is 3.70. The molecule has 1 atom stereocenters. The third-order valence-corrected chi connectivity index (χ3v) is 3.89. The molecule has 3 rings (SSSR count). The highest BCUT2D eigenvalue weighted by Crippen LogP contribution is 2.39. The van der Waals surface area contributed by atoms with Gasteiger partial charge >= 0.3 is 5.97 Å². The van der Waals surface area contributed by atoms with Gasteiger partial charge in [-0.25, -0.2) is 0 Å². The van der Waals surface area contributed by atoms with Crippen molar-refractivity contribution in [1.82, 2.24) is 0 Å². The number of hydrogen-bond acceptors (Lipinski definition) is 2. The first-order chi connectivity index (χ1) is 11.7. The molecule has 0 saturated carbocycles. The summed E-state index contributed by atoms with van der Waals surface area (Å²) >= 11 is 5.90. The minimum absolute atomic E-state index is 0.461. The maximum Gasteiger partial charge on any atom is 0.329 e. The molecule has 2 nitrogen and oxygen atoms in total. The number of para-hydroxylation sites is 1. The van der Waals surface area contributed by atoms with Gasteiger partial charge in [0, 0.05) is 11.1 Å². The lowest BCUT2D eigenvalue weighted by Gasteiger charge is -2.16. The Labute approximate surface area is 146 Å². The standard InChI is InChI=1S/C21H17ClO2/c1-15(22)21(23)24-20-18(16-9-4-2-5-10-16)13-8-14-19(20)17-11-6-3-7-12-17/h2-15H,1H3. The Morgan fingerprint density at radius 1 is 0.792 bits per heavy atom. The van der Waals surface area contributed by atoms with Crippen molar-refractivity contribution in [3.63, 3.8) is 0 Å². The average molecular weight is 337 g/mol. The van der Waals surface area contributed by atoms with Gasteiger partial charge in [-0.15, -0.1) is 11.6 Å². The molecule has 0 fully saturated rings. The highest BCUT2D eigenvalue weighted by Gasteiger charge is 2.19. The van der Waals surface area contributed by atoms with E-state index in [0.29, 0.717) is 5.75 Å². The molecule has 0 amide bonds. The third kappa shape index (κ3) is 3.50. The molecule has 0 aliphatic carbocycles. The summed E-state index contributed by atoms with van der Waals surface area (Å²) in [7, 11) is 0. The zero-order valence-corrected chi connectivity index (χ0v) is 14.0. The van der Waals surface area contributed by atoms with Crippen LogP contribution in [-0.4, -0.2) is 11.3 Å². The summed E-state index contributed by atoms with van der Waals surface area (Å²) in [6.07, 6.45) is 0. The van der Waals surface area contributed by atoms with Gasteiger partial charge in [0.25, 0.3) is 0 Å². The van der Waals surface area contributed by atoms with Gasteiger partial charge in [-0.05, 0) is 18.1 Å². The van der Waals surface area contributed by atoms with Gasteiger partial charge in [-0.3, -0.25) is 4.79 Å². The lowest BCUT2D eigenvalue weighted by Crippen LogP contribution is -2.18. The molecule has 1 unspecified atom stereocenters. The second-order valence-corrected chi connectivity index (χ2v) is 6.11. The van der Waals surface area contributed by atoms with Crippen molar-refractivity contribution in [2.24, 2.45) is 0 Å². The SMILES string of the molecule is CC(Cl)C(=O)Oc1c(-c2ccccc2)cccc1-c1ccccc1.